The smallest absolute Gasteiger partial charge is 0.310 e. The molecule has 5 nitrogen and oxygen atoms in total. The number of piperidine rings is 1. The molecule has 1 saturated heterocycles. The summed E-state index contributed by atoms with van der Waals surface area (Å²) in [5.41, 5.74) is 0. The Morgan fingerprint density at radius 2 is 1.94 bits per heavy atom. The van der Waals surface area contributed by atoms with Gasteiger partial charge in [0.05, 0.1) is 5.92 Å². The Labute approximate surface area is 100 Å². The lowest BCUT2D eigenvalue weighted by Crippen LogP contribution is -2.41. The predicted octanol–water partition coefficient (Wildman–Crippen LogP) is 0.131. The summed E-state index contributed by atoms with van der Waals surface area (Å²) >= 11 is 0. The van der Waals surface area contributed by atoms with Crippen LogP contribution < -0.4 is 10.6 Å². The van der Waals surface area contributed by atoms with Crippen LogP contribution in [0, 0.1) is 11.8 Å². The second kappa shape index (κ2) is 5.31. The van der Waals surface area contributed by atoms with Crippen LogP contribution in [-0.2, 0) is 9.59 Å². The first-order chi connectivity index (χ1) is 8.16. The third-order valence-corrected chi connectivity index (χ3v) is 3.44. The quantitative estimate of drug-likeness (QED) is 0.611. The molecule has 2 aliphatic rings. The van der Waals surface area contributed by atoms with Gasteiger partial charge in [0.25, 0.3) is 0 Å². The lowest BCUT2D eigenvalue weighted by molar-refractivity contribution is -0.140. The number of carbonyl (C=O) groups excluding carboxylic acids is 1. The van der Waals surface area contributed by atoms with Crippen LogP contribution in [0.15, 0.2) is 12.2 Å². The summed E-state index contributed by atoms with van der Waals surface area (Å²) in [7, 11) is 0. The first-order valence-corrected chi connectivity index (χ1v) is 6.09. The molecule has 0 saturated carbocycles. The van der Waals surface area contributed by atoms with Crippen LogP contribution in [0.5, 0.6) is 0 Å². The summed E-state index contributed by atoms with van der Waals surface area (Å²) < 4.78 is 0. The lowest BCUT2D eigenvalue weighted by Gasteiger charge is -2.23. The van der Waals surface area contributed by atoms with Crippen LogP contribution in [0.2, 0.25) is 0 Å². The third-order valence-electron chi connectivity index (χ3n) is 3.44. The van der Waals surface area contributed by atoms with E-state index < -0.39 is 11.9 Å². The zero-order valence-electron chi connectivity index (χ0n) is 9.69. The second-order valence-corrected chi connectivity index (χ2v) is 4.70. The van der Waals surface area contributed by atoms with Crippen molar-refractivity contribution in [1.82, 2.24) is 10.6 Å². The Hall–Kier alpha value is -1.36. The molecule has 2 unspecified atom stereocenters. The summed E-state index contributed by atoms with van der Waals surface area (Å²) in [5, 5.41) is 15.0. The molecule has 1 heterocycles. The maximum Gasteiger partial charge on any atom is 0.310 e. The maximum atomic E-state index is 11.9. The molecule has 0 aromatic rings. The lowest BCUT2D eigenvalue weighted by atomic mass is 9.96. The van der Waals surface area contributed by atoms with E-state index in [1.807, 2.05) is 0 Å². The summed E-state index contributed by atoms with van der Waals surface area (Å²) in [5.74, 6) is -1.13. The van der Waals surface area contributed by atoms with E-state index in [0.717, 1.165) is 25.9 Å². The number of carboxylic acid groups (broad SMARTS) is 1. The number of hydrogen-bond donors (Lipinski definition) is 3. The summed E-state index contributed by atoms with van der Waals surface area (Å²) in [6, 6.07) is -0.113. The fourth-order valence-corrected chi connectivity index (χ4v) is 2.37. The fourth-order valence-electron chi connectivity index (χ4n) is 2.37. The zero-order chi connectivity index (χ0) is 12.3. The Morgan fingerprint density at radius 3 is 2.53 bits per heavy atom. The van der Waals surface area contributed by atoms with Crippen LogP contribution in [0.1, 0.15) is 19.3 Å². The van der Waals surface area contributed by atoms with Gasteiger partial charge in [0.2, 0.25) is 5.91 Å². The van der Waals surface area contributed by atoms with Gasteiger partial charge in [0.15, 0.2) is 0 Å². The molecule has 0 aromatic carbocycles. The van der Waals surface area contributed by atoms with Gasteiger partial charge in [0, 0.05) is 12.0 Å². The SMILES string of the molecule is O=C(O)C1C=CC(NC(=O)C2CCNCC2)C1. The van der Waals surface area contributed by atoms with E-state index in [2.05, 4.69) is 10.6 Å². The molecule has 1 aliphatic carbocycles. The number of hydrogen-bond acceptors (Lipinski definition) is 3. The van der Waals surface area contributed by atoms with Gasteiger partial charge in [-0.2, -0.15) is 0 Å². The number of nitrogens with one attached hydrogen (secondary N) is 2. The van der Waals surface area contributed by atoms with Crippen molar-refractivity contribution in [3.05, 3.63) is 12.2 Å². The summed E-state index contributed by atoms with van der Waals surface area (Å²) in [6.07, 6.45) is 5.66. The number of rotatable bonds is 3. The van der Waals surface area contributed by atoms with Crippen molar-refractivity contribution in [1.29, 1.82) is 0 Å². The normalized spacial score (nSPS) is 29.2. The minimum Gasteiger partial charge on any atom is -0.481 e. The minimum atomic E-state index is -0.820. The van der Waals surface area contributed by atoms with Crippen LogP contribution >= 0.6 is 0 Å². The molecule has 0 aromatic heterocycles. The third kappa shape index (κ3) is 3.06. The topological polar surface area (TPSA) is 78.4 Å². The van der Waals surface area contributed by atoms with Gasteiger partial charge < -0.3 is 15.7 Å². The molecule has 5 heteroatoms. The van der Waals surface area contributed by atoms with E-state index >= 15 is 0 Å². The van der Waals surface area contributed by atoms with Crippen molar-refractivity contribution >= 4 is 11.9 Å². The monoisotopic (exact) mass is 238 g/mol. The molecular weight excluding hydrogens is 220 g/mol. The predicted molar refractivity (Wildman–Crippen MR) is 62.4 cm³/mol. The molecule has 1 fully saturated rings. The number of aliphatic carboxylic acids is 1. The minimum absolute atomic E-state index is 0.0622. The molecule has 2 atom stereocenters. The second-order valence-electron chi connectivity index (χ2n) is 4.70. The maximum absolute atomic E-state index is 11.9. The highest BCUT2D eigenvalue weighted by Crippen LogP contribution is 2.19. The average Bonchev–Trinajstić information content (AvgIpc) is 2.79. The Morgan fingerprint density at radius 1 is 1.24 bits per heavy atom. The Kier molecular flexibility index (Phi) is 3.78. The molecule has 1 amide bonds. The highest BCUT2D eigenvalue weighted by atomic mass is 16.4. The average molecular weight is 238 g/mol. The highest BCUT2D eigenvalue weighted by molar-refractivity contribution is 5.80. The van der Waals surface area contributed by atoms with E-state index in [1.54, 1.807) is 12.2 Å². The molecule has 94 valence electrons. The standard InChI is InChI=1S/C12H18N2O3/c15-11(8-3-5-13-6-4-8)14-10-2-1-9(7-10)12(16)17/h1-2,8-10,13H,3-7H2,(H,14,15)(H,16,17). The van der Waals surface area contributed by atoms with E-state index in [4.69, 9.17) is 5.11 Å². The molecule has 3 N–H and O–H groups in total. The van der Waals surface area contributed by atoms with Crippen LogP contribution in [0.4, 0.5) is 0 Å². The van der Waals surface area contributed by atoms with Crippen molar-refractivity contribution in [2.45, 2.75) is 25.3 Å². The Balaban J connectivity index is 1.80. The van der Waals surface area contributed by atoms with Crippen LogP contribution in [-0.4, -0.2) is 36.1 Å². The molecule has 2 rings (SSSR count). The van der Waals surface area contributed by atoms with E-state index in [1.165, 1.54) is 0 Å². The molecule has 0 radical (unpaired) electrons. The van der Waals surface area contributed by atoms with Gasteiger partial charge >= 0.3 is 5.97 Å². The highest BCUT2D eigenvalue weighted by Gasteiger charge is 2.28. The Bertz CT molecular complexity index is 335. The van der Waals surface area contributed by atoms with Crippen molar-refractivity contribution < 1.29 is 14.7 Å². The van der Waals surface area contributed by atoms with Gasteiger partial charge in [-0.05, 0) is 32.4 Å². The van der Waals surface area contributed by atoms with E-state index in [9.17, 15) is 9.59 Å². The molecule has 0 bridgehead atoms. The van der Waals surface area contributed by atoms with Gasteiger partial charge in [-0.15, -0.1) is 0 Å². The molecule has 0 spiro atoms. The number of amides is 1. The van der Waals surface area contributed by atoms with Gasteiger partial charge in [0.1, 0.15) is 0 Å². The van der Waals surface area contributed by atoms with Crippen LogP contribution in [0.3, 0.4) is 0 Å². The van der Waals surface area contributed by atoms with Crippen molar-refractivity contribution in [2.75, 3.05) is 13.1 Å². The van der Waals surface area contributed by atoms with Crippen LogP contribution in [0.25, 0.3) is 0 Å². The van der Waals surface area contributed by atoms with Crippen molar-refractivity contribution in [2.24, 2.45) is 11.8 Å². The van der Waals surface area contributed by atoms with Gasteiger partial charge in [-0.25, -0.2) is 0 Å². The largest absolute Gasteiger partial charge is 0.481 e. The summed E-state index contributed by atoms with van der Waals surface area (Å²) in [4.78, 5) is 22.7. The molecular formula is C12H18N2O3. The van der Waals surface area contributed by atoms with Crippen molar-refractivity contribution in [3.63, 3.8) is 0 Å². The van der Waals surface area contributed by atoms with Gasteiger partial charge in [-0.1, -0.05) is 12.2 Å². The summed E-state index contributed by atoms with van der Waals surface area (Å²) in [6.45, 7) is 1.77. The molecule has 1 aliphatic heterocycles. The van der Waals surface area contributed by atoms with Gasteiger partial charge in [-0.3, -0.25) is 9.59 Å². The van der Waals surface area contributed by atoms with Crippen molar-refractivity contribution in [3.8, 4) is 0 Å². The zero-order valence-corrected chi connectivity index (χ0v) is 9.69. The number of carbonyl (C=O) groups is 2. The fraction of sp³-hybridized carbons (Fsp3) is 0.667. The van der Waals surface area contributed by atoms with E-state index in [0.29, 0.717) is 6.42 Å². The number of carboxylic acids is 1. The first kappa shape index (κ1) is 12.1. The van der Waals surface area contributed by atoms with E-state index in [-0.39, 0.29) is 17.9 Å². The first-order valence-electron chi connectivity index (χ1n) is 6.09. The molecule has 17 heavy (non-hydrogen) atoms.